The maximum absolute atomic E-state index is 13.3. The van der Waals surface area contributed by atoms with Gasteiger partial charge in [-0.2, -0.15) is 13.2 Å². The number of carbonyl (C=O) groups excluding carboxylic acids is 2. The lowest BCUT2D eigenvalue weighted by molar-refractivity contribution is -0.172. The molecule has 0 saturated carbocycles. The summed E-state index contributed by atoms with van der Waals surface area (Å²) < 4.78 is 63.1. The predicted molar refractivity (Wildman–Crippen MR) is 178 cm³/mol. The van der Waals surface area contributed by atoms with Crippen LogP contribution in [-0.4, -0.2) is 77.7 Å². The minimum absolute atomic E-state index is 0.0107. The van der Waals surface area contributed by atoms with Gasteiger partial charge in [-0.05, 0) is 68.6 Å². The number of likely N-dealkylation sites (N-methyl/N-ethyl adjacent to an activating group) is 1. The number of nitrogens with zero attached hydrogens (tertiary/aromatic N) is 2. The van der Waals surface area contributed by atoms with Gasteiger partial charge in [0.1, 0.15) is 12.0 Å². The molecule has 270 valence electrons. The molecule has 1 saturated heterocycles. The van der Waals surface area contributed by atoms with E-state index in [1.807, 2.05) is 29.8 Å². The topological polar surface area (TPSA) is 130 Å². The molecule has 4 heterocycles. The van der Waals surface area contributed by atoms with E-state index in [-0.39, 0.29) is 31.1 Å². The molecule has 1 amide bonds. The number of hydrogen-bond donors (Lipinski definition) is 3. The van der Waals surface area contributed by atoms with Crippen molar-refractivity contribution in [1.82, 2.24) is 15.1 Å². The molecule has 0 spiro atoms. The van der Waals surface area contributed by atoms with Crippen LogP contribution in [0.2, 0.25) is 0 Å². The van der Waals surface area contributed by atoms with Gasteiger partial charge < -0.3 is 34.5 Å². The Morgan fingerprint density at radius 1 is 1.08 bits per heavy atom. The SMILES string of the molecule is COc1c(C)cc2c(c1O)[C@H]1C3Cc4c(OC(C)=O)c(C)c5c(c4[C@H](CNC(=O)C=Cc4cccc(C(F)(F)F)c4)N3[C@@H](O)[C@@H](C2)N1C)OCO5. The molecule has 7 rings (SSSR count). The fourth-order valence-corrected chi connectivity index (χ4v) is 8.37. The minimum Gasteiger partial charge on any atom is -0.504 e. The molecule has 0 aromatic heterocycles. The van der Waals surface area contributed by atoms with E-state index in [9.17, 15) is 33.0 Å². The van der Waals surface area contributed by atoms with Crippen LogP contribution in [0.3, 0.4) is 0 Å². The number of ether oxygens (including phenoxy) is 4. The van der Waals surface area contributed by atoms with Crippen LogP contribution in [0.5, 0.6) is 28.7 Å². The Kier molecular flexibility index (Phi) is 8.67. The lowest BCUT2D eigenvalue weighted by Crippen LogP contribution is -2.69. The third-order valence-electron chi connectivity index (χ3n) is 10.5. The Balaban J connectivity index is 1.33. The number of alkyl halides is 3. The van der Waals surface area contributed by atoms with Crippen molar-refractivity contribution >= 4 is 18.0 Å². The third-order valence-corrected chi connectivity index (χ3v) is 10.5. The number of esters is 1. The molecule has 2 bridgehead atoms. The van der Waals surface area contributed by atoms with E-state index in [4.69, 9.17) is 18.9 Å². The summed E-state index contributed by atoms with van der Waals surface area (Å²) in [5.41, 5.74) is 3.45. The molecule has 3 aromatic rings. The highest BCUT2D eigenvalue weighted by molar-refractivity contribution is 5.91. The van der Waals surface area contributed by atoms with Gasteiger partial charge in [0.15, 0.2) is 23.0 Å². The van der Waals surface area contributed by atoms with Crippen molar-refractivity contribution in [3.63, 3.8) is 0 Å². The van der Waals surface area contributed by atoms with E-state index < -0.39 is 54.0 Å². The standard InChI is InChI=1S/C37H38F3N3O8/c1-17-11-21-13-25-36(47)43-24(30(42(25)4)28(21)31(46)32(17)48-5)14-23-29(35-34(49-16-50-35)18(2)33(23)51-19(3)44)26(43)15-41-27(45)10-9-20-7-6-8-22(12-20)37(38,39)40/h6-12,24-26,30,36,46-47H,13-16H2,1-5H3,(H,41,45)/t24?,25-,26+,30-,36+/m1/s1. The number of aliphatic hydroxyl groups is 1. The van der Waals surface area contributed by atoms with Crippen LogP contribution in [0, 0.1) is 13.8 Å². The molecule has 14 heteroatoms. The van der Waals surface area contributed by atoms with Gasteiger partial charge >= 0.3 is 12.1 Å². The monoisotopic (exact) mass is 709 g/mol. The van der Waals surface area contributed by atoms with Crippen LogP contribution in [0.1, 0.15) is 63.5 Å². The van der Waals surface area contributed by atoms with Crippen LogP contribution in [0.4, 0.5) is 13.2 Å². The lowest BCUT2D eigenvalue weighted by Gasteiger charge is -2.60. The highest BCUT2D eigenvalue weighted by atomic mass is 19.4. The van der Waals surface area contributed by atoms with Gasteiger partial charge in [-0.25, -0.2) is 0 Å². The van der Waals surface area contributed by atoms with Crippen molar-refractivity contribution in [2.75, 3.05) is 27.5 Å². The van der Waals surface area contributed by atoms with E-state index in [1.54, 1.807) is 6.92 Å². The van der Waals surface area contributed by atoms with E-state index in [1.165, 1.54) is 32.2 Å². The van der Waals surface area contributed by atoms with Crippen molar-refractivity contribution in [2.24, 2.45) is 0 Å². The van der Waals surface area contributed by atoms with Gasteiger partial charge in [-0.15, -0.1) is 0 Å². The van der Waals surface area contributed by atoms with Crippen molar-refractivity contribution in [3.05, 3.63) is 80.9 Å². The normalized spacial score (nSPS) is 23.7. The smallest absolute Gasteiger partial charge is 0.416 e. The van der Waals surface area contributed by atoms with E-state index in [2.05, 4.69) is 5.32 Å². The average molecular weight is 710 g/mol. The van der Waals surface area contributed by atoms with E-state index in [0.717, 1.165) is 29.3 Å². The summed E-state index contributed by atoms with van der Waals surface area (Å²) in [4.78, 5) is 29.7. The number of aromatic hydroxyl groups is 1. The molecule has 4 aliphatic heterocycles. The van der Waals surface area contributed by atoms with Gasteiger partial charge in [0.2, 0.25) is 12.7 Å². The van der Waals surface area contributed by atoms with Gasteiger partial charge in [-0.3, -0.25) is 19.4 Å². The largest absolute Gasteiger partial charge is 0.504 e. The Morgan fingerprint density at radius 3 is 2.53 bits per heavy atom. The summed E-state index contributed by atoms with van der Waals surface area (Å²) >= 11 is 0. The molecule has 0 aliphatic carbocycles. The maximum Gasteiger partial charge on any atom is 0.416 e. The average Bonchev–Trinajstić information content (AvgIpc) is 3.57. The Morgan fingerprint density at radius 2 is 1.82 bits per heavy atom. The summed E-state index contributed by atoms with van der Waals surface area (Å²) in [6.45, 7) is 4.76. The molecule has 1 fully saturated rings. The first-order valence-corrected chi connectivity index (χ1v) is 16.5. The molecule has 51 heavy (non-hydrogen) atoms. The number of nitrogens with one attached hydrogen (secondary N) is 1. The second kappa shape index (κ2) is 12.8. The van der Waals surface area contributed by atoms with E-state index >= 15 is 0 Å². The number of methoxy groups -OCH3 is 1. The molecule has 1 unspecified atom stereocenters. The number of amides is 1. The fraction of sp³-hybridized carbons (Fsp3) is 0.405. The number of benzene rings is 3. The summed E-state index contributed by atoms with van der Waals surface area (Å²) in [5, 5.41) is 26.7. The zero-order chi connectivity index (χ0) is 36.5. The minimum atomic E-state index is -4.53. The number of piperazine rings is 1. The Hall–Kier alpha value is -4.79. The quantitative estimate of drug-likeness (QED) is 0.188. The molecular formula is C37H38F3N3O8. The fourth-order valence-electron chi connectivity index (χ4n) is 8.37. The highest BCUT2D eigenvalue weighted by Gasteiger charge is 2.56. The van der Waals surface area contributed by atoms with Gasteiger partial charge in [0.05, 0.1) is 30.8 Å². The van der Waals surface area contributed by atoms with Crippen LogP contribution in [-0.2, 0) is 28.6 Å². The summed E-state index contributed by atoms with van der Waals surface area (Å²) in [6, 6.07) is 4.48. The molecule has 3 aromatic carbocycles. The zero-order valence-corrected chi connectivity index (χ0v) is 28.6. The Bertz CT molecular complexity index is 1960. The number of halogens is 3. The number of fused-ring (bicyclic) bond motifs is 9. The summed E-state index contributed by atoms with van der Waals surface area (Å²) in [6.07, 6.45) is -2.46. The lowest BCUT2D eigenvalue weighted by atomic mass is 9.73. The summed E-state index contributed by atoms with van der Waals surface area (Å²) in [7, 11) is 3.39. The van der Waals surface area contributed by atoms with Gasteiger partial charge in [0.25, 0.3) is 0 Å². The number of aliphatic hydroxyl groups excluding tert-OH is 1. The molecule has 0 radical (unpaired) electrons. The van der Waals surface area contributed by atoms with Crippen molar-refractivity contribution < 1.29 is 51.9 Å². The van der Waals surface area contributed by atoms with Gasteiger partial charge in [0, 0.05) is 47.8 Å². The maximum atomic E-state index is 13.3. The number of phenols is 1. The molecule has 5 atom stereocenters. The number of carbonyl (C=O) groups is 2. The van der Waals surface area contributed by atoms with Crippen molar-refractivity contribution in [3.8, 4) is 28.7 Å². The van der Waals surface area contributed by atoms with Crippen LogP contribution in [0.15, 0.2) is 36.4 Å². The van der Waals surface area contributed by atoms with E-state index in [0.29, 0.717) is 51.7 Å². The van der Waals surface area contributed by atoms with Crippen molar-refractivity contribution in [1.29, 1.82) is 0 Å². The van der Waals surface area contributed by atoms with Crippen LogP contribution < -0.4 is 24.3 Å². The second-order valence-electron chi connectivity index (χ2n) is 13.4. The molecule has 4 aliphatic rings. The first-order valence-electron chi connectivity index (χ1n) is 16.5. The number of rotatable bonds is 6. The number of hydrogen-bond acceptors (Lipinski definition) is 10. The molecule has 11 nitrogen and oxygen atoms in total. The van der Waals surface area contributed by atoms with Crippen molar-refractivity contribution in [2.45, 2.75) is 70.2 Å². The Labute approximate surface area is 292 Å². The predicted octanol–water partition coefficient (Wildman–Crippen LogP) is 4.72. The third kappa shape index (κ3) is 5.75. The van der Waals surface area contributed by atoms with Crippen LogP contribution in [0.25, 0.3) is 6.08 Å². The zero-order valence-electron chi connectivity index (χ0n) is 28.6. The first kappa shape index (κ1) is 34.6. The highest BCUT2D eigenvalue weighted by Crippen LogP contribution is 2.58. The van der Waals surface area contributed by atoms with Crippen LogP contribution >= 0.6 is 0 Å². The molecule has 3 N–H and O–H groups in total. The number of aryl methyl sites for hydroxylation is 1. The van der Waals surface area contributed by atoms with Gasteiger partial charge in [-0.1, -0.05) is 18.2 Å². The first-order chi connectivity index (χ1) is 24.2. The molecular weight excluding hydrogens is 671 g/mol. The summed E-state index contributed by atoms with van der Waals surface area (Å²) in [5.74, 6) is 0.325. The number of phenolic OH excluding ortho intramolecular Hbond substituents is 1. The second-order valence-corrected chi connectivity index (χ2v) is 13.4.